The molecule has 0 fully saturated rings. The molecule has 1 aromatic heterocycles. The fourth-order valence-corrected chi connectivity index (χ4v) is 2.30. The van der Waals surface area contributed by atoms with Crippen molar-refractivity contribution in [3.05, 3.63) is 36.7 Å². The van der Waals surface area contributed by atoms with E-state index in [1.807, 2.05) is 24.2 Å². The first-order valence-corrected chi connectivity index (χ1v) is 7.68. The van der Waals surface area contributed by atoms with Gasteiger partial charge in [-0.05, 0) is 18.6 Å². The summed E-state index contributed by atoms with van der Waals surface area (Å²) < 4.78 is 2.06. The topological polar surface area (TPSA) is 25.2 Å². The average molecular weight is 276 g/mol. The summed E-state index contributed by atoms with van der Waals surface area (Å²) >= 11 is 0. The quantitative estimate of drug-likeness (QED) is 0.470. The molecule has 1 heterocycles. The first-order chi connectivity index (χ1) is 9.69. The molecule has 3 heteroatoms. The van der Waals surface area contributed by atoms with Gasteiger partial charge in [-0.2, -0.15) is 0 Å². The van der Waals surface area contributed by atoms with E-state index >= 15 is 0 Å². The molecule has 0 radical (unpaired) electrons. The number of carbonyl (C=O) groups is 1. The van der Waals surface area contributed by atoms with E-state index in [0.29, 0.717) is 19.5 Å². The molecule has 1 amide bonds. The van der Waals surface area contributed by atoms with Crippen LogP contribution in [0.5, 0.6) is 0 Å². The second kappa shape index (κ2) is 9.40. The number of nitrogens with zero attached hydrogens (tertiary/aromatic N) is 2. The lowest BCUT2D eigenvalue weighted by molar-refractivity contribution is -0.131. The third-order valence-electron chi connectivity index (χ3n) is 3.60. The van der Waals surface area contributed by atoms with Crippen molar-refractivity contribution < 1.29 is 4.79 Å². The van der Waals surface area contributed by atoms with Gasteiger partial charge in [-0.15, -0.1) is 6.58 Å². The molecule has 3 nitrogen and oxygen atoms in total. The van der Waals surface area contributed by atoms with Crippen molar-refractivity contribution in [2.24, 2.45) is 7.05 Å². The van der Waals surface area contributed by atoms with Gasteiger partial charge in [-0.25, -0.2) is 0 Å². The van der Waals surface area contributed by atoms with Gasteiger partial charge in [0.05, 0.1) is 6.54 Å². The van der Waals surface area contributed by atoms with Crippen LogP contribution in [0.4, 0.5) is 0 Å². The zero-order valence-electron chi connectivity index (χ0n) is 13.0. The molecular formula is C17H28N2O. The lowest BCUT2D eigenvalue weighted by atomic mass is 10.1. The van der Waals surface area contributed by atoms with Crippen LogP contribution in [-0.4, -0.2) is 21.9 Å². The molecule has 20 heavy (non-hydrogen) atoms. The molecule has 1 aromatic rings. The second-order valence-corrected chi connectivity index (χ2v) is 5.34. The summed E-state index contributed by atoms with van der Waals surface area (Å²) in [5.41, 5.74) is 1.16. The Kier molecular flexibility index (Phi) is 7.78. The van der Waals surface area contributed by atoms with Crippen molar-refractivity contribution >= 4 is 5.91 Å². The van der Waals surface area contributed by atoms with Crippen LogP contribution in [0.15, 0.2) is 31.0 Å². The normalized spacial score (nSPS) is 10.5. The van der Waals surface area contributed by atoms with Crippen LogP contribution in [0, 0.1) is 0 Å². The van der Waals surface area contributed by atoms with Gasteiger partial charge in [0.2, 0.25) is 5.91 Å². The molecule has 0 spiro atoms. The van der Waals surface area contributed by atoms with Crippen molar-refractivity contribution in [1.82, 2.24) is 9.47 Å². The van der Waals surface area contributed by atoms with Crippen molar-refractivity contribution in [1.29, 1.82) is 0 Å². The number of aromatic nitrogens is 1. The summed E-state index contributed by atoms with van der Waals surface area (Å²) in [4.78, 5) is 14.2. The van der Waals surface area contributed by atoms with Gasteiger partial charge in [0.15, 0.2) is 0 Å². The molecule has 112 valence electrons. The van der Waals surface area contributed by atoms with Crippen LogP contribution in [-0.2, 0) is 18.4 Å². The minimum atomic E-state index is 0.239. The predicted molar refractivity (Wildman–Crippen MR) is 84.4 cm³/mol. The lowest BCUT2D eigenvalue weighted by Gasteiger charge is -2.21. The summed E-state index contributed by atoms with van der Waals surface area (Å²) in [5.74, 6) is 0.239. The van der Waals surface area contributed by atoms with Crippen LogP contribution in [0.2, 0.25) is 0 Å². The summed E-state index contributed by atoms with van der Waals surface area (Å²) in [6, 6.07) is 4.07. The summed E-state index contributed by atoms with van der Waals surface area (Å²) in [6.45, 7) is 7.25. The summed E-state index contributed by atoms with van der Waals surface area (Å²) in [5, 5.41) is 0. The van der Waals surface area contributed by atoms with E-state index in [2.05, 4.69) is 24.1 Å². The number of rotatable bonds is 10. The van der Waals surface area contributed by atoms with Crippen LogP contribution < -0.4 is 0 Å². The van der Waals surface area contributed by atoms with Crippen molar-refractivity contribution in [3.63, 3.8) is 0 Å². The van der Waals surface area contributed by atoms with E-state index < -0.39 is 0 Å². The lowest BCUT2D eigenvalue weighted by Crippen LogP contribution is -2.31. The van der Waals surface area contributed by atoms with E-state index in [0.717, 1.165) is 18.5 Å². The van der Waals surface area contributed by atoms with Crippen molar-refractivity contribution in [3.8, 4) is 0 Å². The maximum absolute atomic E-state index is 12.3. The van der Waals surface area contributed by atoms with Crippen molar-refractivity contribution in [2.75, 3.05) is 6.54 Å². The van der Waals surface area contributed by atoms with Gasteiger partial charge in [-0.3, -0.25) is 4.79 Å². The first kappa shape index (κ1) is 16.5. The van der Waals surface area contributed by atoms with Crippen LogP contribution >= 0.6 is 0 Å². The Bertz CT molecular complexity index is 409. The molecule has 0 aliphatic rings. The highest BCUT2D eigenvalue weighted by atomic mass is 16.2. The number of hydrogen-bond acceptors (Lipinski definition) is 1. The number of amides is 1. The number of aryl methyl sites for hydroxylation is 1. The highest BCUT2D eigenvalue weighted by Crippen LogP contribution is 2.10. The van der Waals surface area contributed by atoms with Gasteiger partial charge in [0.1, 0.15) is 0 Å². The molecule has 0 N–H and O–H groups in total. The summed E-state index contributed by atoms with van der Waals surface area (Å²) in [6.07, 6.45) is 10.4. The van der Waals surface area contributed by atoms with Crippen LogP contribution in [0.25, 0.3) is 0 Å². The van der Waals surface area contributed by atoms with E-state index in [9.17, 15) is 4.79 Å². The smallest absolute Gasteiger partial charge is 0.223 e. The zero-order chi connectivity index (χ0) is 14.8. The zero-order valence-corrected chi connectivity index (χ0v) is 13.0. The number of unbranched alkanes of at least 4 members (excludes halogenated alkanes) is 4. The molecule has 0 aliphatic heterocycles. The molecule has 0 unspecified atom stereocenters. The van der Waals surface area contributed by atoms with Gasteiger partial charge < -0.3 is 9.47 Å². The van der Waals surface area contributed by atoms with Gasteiger partial charge in [0, 0.05) is 31.9 Å². The molecule has 0 aromatic carbocycles. The van der Waals surface area contributed by atoms with E-state index in [1.165, 1.54) is 19.3 Å². The Labute approximate surface area is 123 Å². The minimum Gasteiger partial charge on any atom is -0.353 e. The third kappa shape index (κ3) is 5.64. The monoisotopic (exact) mass is 276 g/mol. The van der Waals surface area contributed by atoms with Crippen molar-refractivity contribution in [2.45, 2.75) is 52.0 Å². The second-order valence-electron chi connectivity index (χ2n) is 5.34. The van der Waals surface area contributed by atoms with Gasteiger partial charge >= 0.3 is 0 Å². The SMILES string of the molecule is C=CCN(Cc1cccn1C)C(=O)CCCCCCC. The fraction of sp³-hybridized carbons (Fsp3) is 0.588. The third-order valence-corrected chi connectivity index (χ3v) is 3.60. The number of hydrogen-bond donors (Lipinski definition) is 0. The van der Waals surface area contributed by atoms with Gasteiger partial charge in [-0.1, -0.05) is 38.7 Å². The number of carbonyl (C=O) groups excluding carboxylic acids is 1. The molecule has 0 aliphatic carbocycles. The molecule has 0 saturated heterocycles. The maximum Gasteiger partial charge on any atom is 0.223 e. The summed E-state index contributed by atoms with van der Waals surface area (Å²) in [7, 11) is 2.01. The standard InChI is InChI=1S/C17H28N2O/c1-4-6-7-8-9-12-17(20)19(13-5-2)15-16-11-10-14-18(16)3/h5,10-11,14H,2,4,6-9,12-13,15H2,1,3H3. The van der Waals surface area contributed by atoms with Gasteiger partial charge in [0.25, 0.3) is 0 Å². The maximum atomic E-state index is 12.3. The van der Waals surface area contributed by atoms with Crippen LogP contribution in [0.3, 0.4) is 0 Å². The Morgan fingerprint density at radius 3 is 2.70 bits per heavy atom. The Morgan fingerprint density at radius 2 is 2.10 bits per heavy atom. The van der Waals surface area contributed by atoms with E-state index in [4.69, 9.17) is 0 Å². The Balaban J connectivity index is 2.42. The predicted octanol–water partition coefficient (Wildman–Crippen LogP) is 3.90. The minimum absolute atomic E-state index is 0.239. The molecule has 0 atom stereocenters. The highest BCUT2D eigenvalue weighted by molar-refractivity contribution is 5.76. The average Bonchev–Trinajstić information content (AvgIpc) is 2.83. The van der Waals surface area contributed by atoms with Crippen LogP contribution in [0.1, 0.15) is 51.1 Å². The molecular weight excluding hydrogens is 248 g/mol. The fourth-order valence-electron chi connectivity index (χ4n) is 2.30. The van der Waals surface area contributed by atoms with E-state index in [1.54, 1.807) is 6.08 Å². The molecule has 0 saturated carbocycles. The highest BCUT2D eigenvalue weighted by Gasteiger charge is 2.13. The Hall–Kier alpha value is -1.51. The first-order valence-electron chi connectivity index (χ1n) is 7.68. The van der Waals surface area contributed by atoms with E-state index in [-0.39, 0.29) is 5.91 Å². The largest absolute Gasteiger partial charge is 0.353 e. The molecule has 0 bridgehead atoms. The Morgan fingerprint density at radius 1 is 1.35 bits per heavy atom. The molecule has 1 rings (SSSR count).